The van der Waals surface area contributed by atoms with Crippen LogP contribution in [0, 0.1) is 11.6 Å². The number of pyridine rings is 1. The molecule has 0 amide bonds. The van der Waals surface area contributed by atoms with Gasteiger partial charge in [-0.1, -0.05) is 0 Å². The SMILES string of the molecule is Nc1c(C(=O)c2ccc(F)c3nn(C4CCCCO4)cc23)cc(F)c2ncccc12. The molecule has 1 unspecified atom stereocenters. The molecule has 6 nitrogen and oxygen atoms in total. The van der Waals surface area contributed by atoms with Gasteiger partial charge < -0.3 is 10.5 Å². The average molecular weight is 408 g/mol. The van der Waals surface area contributed by atoms with E-state index in [-0.39, 0.29) is 34.1 Å². The van der Waals surface area contributed by atoms with Crippen LogP contribution in [0.5, 0.6) is 0 Å². The van der Waals surface area contributed by atoms with Crippen molar-refractivity contribution in [2.24, 2.45) is 0 Å². The van der Waals surface area contributed by atoms with Crippen LogP contribution in [0.3, 0.4) is 0 Å². The number of hydrogen-bond donors (Lipinski definition) is 1. The molecule has 3 heterocycles. The molecule has 0 radical (unpaired) electrons. The number of nitrogen functional groups attached to an aromatic ring is 1. The van der Waals surface area contributed by atoms with Gasteiger partial charge in [-0.3, -0.25) is 9.78 Å². The zero-order valence-corrected chi connectivity index (χ0v) is 15.9. The fourth-order valence-electron chi connectivity index (χ4n) is 3.93. The number of rotatable bonds is 3. The van der Waals surface area contributed by atoms with Gasteiger partial charge in [0.15, 0.2) is 11.6 Å². The number of nitrogens with zero attached hydrogens (tertiary/aromatic N) is 3. The number of nitrogens with two attached hydrogens (primary N) is 1. The molecule has 0 spiro atoms. The summed E-state index contributed by atoms with van der Waals surface area (Å²) in [4.78, 5) is 17.3. The van der Waals surface area contributed by atoms with Crippen LogP contribution in [0.15, 0.2) is 42.7 Å². The summed E-state index contributed by atoms with van der Waals surface area (Å²) >= 11 is 0. The minimum atomic E-state index is -0.646. The predicted octanol–water partition coefficient (Wildman–Crippen LogP) is 4.38. The Labute approximate surface area is 170 Å². The van der Waals surface area contributed by atoms with E-state index in [9.17, 15) is 13.6 Å². The van der Waals surface area contributed by atoms with Gasteiger partial charge in [0.2, 0.25) is 0 Å². The molecule has 0 saturated carbocycles. The molecule has 1 atom stereocenters. The summed E-state index contributed by atoms with van der Waals surface area (Å²) in [7, 11) is 0. The molecule has 4 aromatic rings. The molecular formula is C22H18F2N4O2. The van der Waals surface area contributed by atoms with Crippen LogP contribution < -0.4 is 5.73 Å². The van der Waals surface area contributed by atoms with Crippen molar-refractivity contribution in [1.82, 2.24) is 14.8 Å². The topological polar surface area (TPSA) is 83.0 Å². The van der Waals surface area contributed by atoms with Gasteiger partial charge in [0.1, 0.15) is 23.1 Å². The Bertz CT molecular complexity index is 1300. The van der Waals surface area contributed by atoms with E-state index in [4.69, 9.17) is 10.5 Å². The van der Waals surface area contributed by atoms with E-state index in [0.29, 0.717) is 17.4 Å². The van der Waals surface area contributed by atoms with Crippen molar-refractivity contribution < 1.29 is 18.3 Å². The lowest BCUT2D eigenvalue weighted by atomic mass is 9.97. The lowest BCUT2D eigenvalue weighted by Gasteiger charge is -2.22. The van der Waals surface area contributed by atoms with Gasteiger partial charge >= 0.3 is 0 Å². The summed E-state index contributed by atoms with van der Waals surface area (Å²) in [6.45, 7) is 0.607. The van der Waals surface area contributed by atoms with Crippen LogP contribution in [0.4, 0.5) is 14.5 Å². The van der Waals surface area contributed by atoms with E-state index in [1.54, 1.807) is 23.0 Å². The van der Waals surface area contributed by atoms with Crippen molar-refractivity contribution in [1.29, 1.82) is 0 Å². The number of anilines is 1. The van der Waals surface area contributed by atoms with Gasteiger partial charge in [-0.15, -0.1) is 0 Å². The Kier molecular flexibility index (Phi) is 4.43. The van der Waals surface area contributed by atoms with Crippen LogP contribution in [-0.2, 0) is 4.74 Å². The third-order valence-electron chi connectivity index (χ3n) is 5.47. The van der Waals surface area contributed by atoms with Gasteiger partial charge in [-0.05, 0) is 49.6 Å². The maximum absolute atomic E-state index is 14.6. The van der Waals surface area contributed by atoms with Crippen molar-refractivity contribution in [3.63, 3.8) is 0 Å². The average Bonchev–Trinajstić information content (AvgIpc) is 3.23. The van der Waals surface area contributed by atoms with Crippen molar-refractivity contribution >= 4 is 33.3 Å². The first-order chi connectivity index (χ1) is 14.5. The summed E-state index contributed by atoms with van der Waals surface area (Å²) in [6, 6.07) is 6.87. The van der Waals surface area contributed by atoms with Crippen molar-refractivity contribution in [3.05, 3.63) is 65.5 Å². The Morgan fingerprint density at radius 1 is 1.10 bits per heavy atom. The summed E-state index contributed by atoms with van der Waals surface area (Å²) in [6.07, 6.45) is 5.47. The second-order valence-corrected chi connectivity index (χ2v) is 7.34. The minimum absolute atomic E-state index is 0.00238. The lowest BCUT2D eigenvalue weighted by Crippen LogP contribution is -2.18. The Morgan fingerprint density at radius 3 is 2.77 bits per heavy atom. The first-order valence-electron chi connectivity index (χ1n) is 9.71. The quantitative estimate of drug-likeness (QED) is 0.402. The van der Waals surface area contributed by atoms with Gasteiger partial charge in [0, 0.05) is 40.9 Å². The first-order valence-corrected chi connectivity index (χ1v) is 9.71. The predicted molar refractivity (Wildman–Crippen MR) is 108 cm³/mol. The molecule has 0 bridgehead atoms. The molecule has 1 saturated heterocycles. The van der Waals surface area contributed by atoms with Crippen LogP contribution in [0.2, 0.25) is 0 Å². The molecule has 2 N–H and O–H groups in total. The normalized spacial score (nSPS) is 16.9. The second-order valence-electron chi connectivity index (χ2n) is 7.34. The largest absolute Gasteiger partial charge is 0.398 e. The molecule has 1 fully saturated rings. The third kappa shape index (κ3) is 2.91. The van der Waals surface area contributed by atoms with Crippen molar-refractivity contribution in [3.8, 4) is 0 Å². The van der Waals surface area contributed by atoms with Crippen LogP contribution >= 0.6 is 0 Å². The molecule has 2 aromatic carbocycles. The standard InChI is InChI=1S/C22H18F2N4O2/c23-16-7-6-12(15-11-28(27-21(15)16)18-5-1-2-9-30-18)22(29)14-10-17(24)20-13(19(14)25)4-3-8-26-20/h3-4,6-8,10-11,18H,1-2,5,9,25H2. The summed E-state index contributed by atoms with van der Waals surface area (Å²) in [5.41, 5.74) is 6.67. The maximum atomic E-state index is 14.6. The third-order valence-corrected chi connectivity index (χ3v) is 5.47. The zero-order valence-electron chi connectivity index (χ0n) is 15.9. The van der Waals surface area contributed by atoms with Gasteiger partial charge in [0.05, 0.1) is 5.69 Å². The van der Waals surface area contributed by atoms with E-state index in [1.165, 1.54) is 18.3 Å². The van der Waals surface area contributed by atoms with Crippen LogP contribution in [0.1, 0.15) is 41.4 Å². The van der Waals surface area contributed by atoms with Gasteiger partial charge in [-0.25, -0.2) is 13.5 Å². The smallest absolute Gasteiger partial charge is 0.195 e. The highest BCUT2D eigenvalue weighted by Gasteiger charge is 2.24. The highest BCUT2D eigenvalue weighted by atomic mass is 19.1. The minimum Gasteiger partial charge on any atom is -0.398 e. The fourth-order valence-corrected chi connectivity index (χ4v) is 3.93. The molecule has 1 aliphatic heterocycles. The maximum Gasteiger partial charge on any atom is 0.195 e. The number of benzene rings is 2. The molecular weight excluding hydrogens is 390 g/mol. The van der Waals surface area contributed by atoms with Gasteiger partial charge in [0.25, 0.3) is 0 Å². The zero-order chi connectivity index (χ0) is 20.8. The highest BCUT2D eigenvalue weighted by molar-refractivity contribution is 6.20. The van der Waals surface area contributed by atoms with E-state index in [2.05, 4.69) is 10.1 Å². The van der Waals surface area contributed by atoms with Crippen molar-refractivity contribution in [2.45, 2.75) is 25.5 Å². The number of hydrogen-bond acceptors (Lipinski definition) is 5. The lowest BCUT2D eigenvalue weighted by molar-refractivity contribution is -0.0391. The monoisotopic (exact) mass is 408 g/mol. The molecule has 30 heavy (non-hydrogen) atoms. The Balaban J connectivity index is 1.65. The first kappa shape index (κ1) is 18.6. The highest BCUT2D eigenvalue weighted by Crippen LogP contribution is 2.31. The van der Waals surface area contributed by atoms with E-state index in [0.717, 1.165) is 25.3 Å². The number of ether oxygens (including phenoxy) is 1. The molecule has 0 aliphatic carbocycles. The van der Waals surface area contributed by atoms with Crippen molar-refractivity contribution in [2.75, 3.05) is 12.3 Å². The second kappa shape index (κ2) is 7.14. The molecule has 5 rings (SSSR count). The fraction of sp³-hybridized carbons (Fsp3) is 0.227. The number of fused-ring (bicyclic) bond motifs is 2. The number of halogens is 2. The number of ketones is 1. The molecule has 1 aliphatic rings. The number of aromatic nitrogens is 3. The van der Waals surface area contributed by atoms with E-state index >= 15 is 0 Å². The van der Waals surface area contributed by atoms with Crippen LogP contribution in [-0.4, -0.2) is 27.2 Å². The Hall–Kier alpha value is -3.39. The molecule has 8 heteroatoms. The summed E-state index contributed by atoms with van der Waals surface area (Å²) < 4.78 is 36.3. The Morgan fingerprint density at radius 2 is 1.97 bits per heavy atom. The van der Waals surface area contributed by atoms with E-state index in [1.807, 2.05) is 0 Å². The van der Waals surface area contributed by atoms with E-state index < -0.39 is 17.4 Å². The number of carbonyl (C=O) groups excluding carboxylic acids is 1. The van der Waals surface area contributed by atoms with Crippen LogP contribution in [0.25, 0.3) is 21.8 Å². The number of carbonyl (C=O) groups is 1. The summed E-state index contributed by atoms with van der Waals surface area (Å²) in [5.74, 6) is -1.70. The van der Waals surface area contributed by atoms with Gasteiger partial charge in [-0.2, -0.15) is 5.10 Å². The molecule has 2 aromatic heterocycles. The summed E-state index contributed by atoms with van der Waals surface area (Å²) in [5, 5.41) is 5.00. The molecule has 152 valence electrons.